The number of furan rings is 1. The first-order chi connectivity index (χ1) is 23.9. The summed E-state index contributed by atoms with van der Waals surface area (Å²) in [6, 6.07) is 39.7. The Balaban J connectivity index is 1.44. The molecule has 234 valence electrons. The number of para-hydroxylation sites is 3. The molecule has 1 aromatic heterocycles. The van der Waals surface area contributed by atoms with E-state index in [1.54, 1.807) is 12.1 Å². The van der Waals surface area contributed by atoms with E-state index < -0.39 is 0 Å². The molecule has 0 spiro atoms. The van der Waals surface area contributed by atoms with Crippen molar-refractivity contribution >= 4 is 89.9 Å². The van der Waals surface area contributed by atoms with Crippen LogP contribution in [0.25, 0.3) is 32.7 Å². The van der Waals surface area contributed by atoms with Gasteiger partial charge in [0.05, 0.1) is 11.4 Å². The Morgan fingerprint density at radius 3 is 1.92 bits per heavy atom. The molecule has 3 heterocycles. The monoisotopic (exact) mass is 638 g/mol. The largest absolute Gasteiger partial charge is 0.456 e. The molecule has 0 aliphatic carbocycles. The smallest absolute Gasteiger partial charge is 0.253 e. The fourth-order valence-corrected chi connectivity index (χ4v) is 8.49. The first-order valence-electron chi connectivity index (χ1n) is 16.6. The summed E-state index contributed by atoms with van der Waals surface area (Å²) in [4.78, 5) is 4.21. The molecule has 3 nitrogen and oxygen atoms in total. The van der Waals surface area contributed by atoms with E-state index in [2.05, 4.69) is 65.3 Å². The van der Waals surface area contributed by atoms with E-state index in [1.807, 2.05) is 62.4 Å². The van der Waals surface area contributed by atoms with Crippen LogP contribution >= 0.6 is 0 Å². The number of halogens is 2. The van der Waals surface area contributed by atoms with Gasteiger partial charge in [-0.1, -0.05) is 78.9 Å². The average Bonchev–Trinajstić information content (AvgIpc) is 3.48. The highest BCUT2D eigenvalue weighted by molar-refractivity contribution is 7.02. The molecule has 7 aromatic carbocycles. The molecule has 0 fully saturated rings. The standard InChI is InChI=1S/C43H29BF2N2O/c1-24-22-34-39-35(23-24)48(42-26(3)11-9-16-32(42)46)43-28-13-5-4-12-27(28)18-19-30(43)44(39)40-33(47(34)41-25(2)10-8-15-31(41)45)20-21-37-38(40)29-14-6-7-17-36(29)49-37/h4-23H,1-3H3. The summed E-state index contributed by atoms with van der Waals surface area (Å²) < 4.78 is 39.1. The number of anilines is 6. The fourth-order valence-electron chi connectivity index (χ4n) is 8.49. The number of aryl methyl sites for hydroxylation is 3. The lowest BCUT2D eigenvalue weighted by molar-refractivity contribution is 0.627. The van der Waals surface area contributed by atoms with Crippen LogP contribution in [0.1, 0.15) is 16.7 Å². The van der Waals surface area contributed by atoms with E-state index >= 15 is 8.78 Å². The third-order valence-corrected chi connectivity index (χ3v) is 10.4. The summed E-state index contributed by atoms with van der Waals surface area (Å²) in [6.45, 7) is 5.72. The summed E-state index contributed by atoms with van der Waals surface area (Å²) in [7, 11) is 0. The second-order valence-electron chi connectivity index (χ2n) is 13.3. The van der Waals surface area contributed by atoms with Crippen molar-refractivity contribution in [2.75, 3.05) is 9.80 Å². The minimum absolute atomic E-state index is 0.253. The lowest BCUT2D eigenvalue weighted by Gasteiger charge is -2.45. The molecule has 0 saturated carbocycles. The van der Waals surface area contributed by atoms with Crippen molar-refractivity contribution < 1.29 is 13.2 Å². The normalized spacial score (nSPS) is 13.3. The van der Waals surface area contributed by atoms with Crippen LogP contribution in [0, 0.1) is 32.4 Å². The third-order valence-electron chi connectivity index (χ3n) is 10.4. The van der Waals surface area contributed by atoms with Gasteiger partial charge in [-0.3, -0.25) is 0 Å². The SMILES string of the molecule is Cc1cc2c3c(c1)N(c1c(C)cccc1F)c1c(ccc4ccccc14)B3c1c(ccc3oc4ccccc4c13)N2c1c(C)cccc1F. The molecular weight excluding hydrogens is 609 g/mol. The van der Waals surface area contributed by atoms with E-state index in [-0.39, 0.29) is 18.3 Å². The highest BCUT2D eigenvalue weighted by atomic mass is 19.1. The Morgan fingerprint density at radius 2 is 1.18 bits per heavy atom. The van der Waals surface area contributed by atoms with Gasteiger partial charge in [-0.25, -0.2) is 8.78 Å². The molecule has 0 radical (unpaired) electrons. The van der Waals surface area contributed by atoms with Crippen LogP contribution in [0.15, 0.2) is 126 Å². The van der Waals surface area contributed by atoms with Gasteiger partial charge < -0.3 is 14.2 Å². The first kappa shape index (κ1) is 28.2. The molecule has 6 heteroatoms. The zero-order valence-corrected chi connectivity index (χ0v) is 27.2. The maximum absolute atomic E-state index is 16.3. The summed E-state index contributed by atoms with van der Waals surface area (Å²) in [5.41, 5.74) is 11.9. The van der Waals surface area contributed by atoms with Crippen LogP contribution in [0.4, 0.5) is 42.9 Å². The zero-order valence-electron chi connectivity index (χ0n) is 27.2. The highest BCUT2D eigenvalue weighted by Crippen LogP contribution is 2.49. The van der Waals surface area contributed by atoms with Gasteiger partial charge in [-0.15, -0.1) is 0 Å². The molecule has 10 rings (SSSR count). The first-order valence-corrected chi connectivity index (χ1v) is 16.6. The lowest BCUT2D eigenvalue weighted by Crippen LogP contribution is -2.61. The Kier molecular flexibility index (Phi) is 5.79. The quantitative estimate of drug-likeness (QED) is 0.176. The number of fused-ring (bicyclic) bond motifs is 10. The van der Waals surface area contributed by atoms with Crippen LogP contribution < -0.4 is 26.2 Å². The van der Waals surface area contributed by atoms with Crippen LogP contribution in [0.5, 0.6) is 0 Å². The van der Waals surface area contributed by atoms with Gasteiger partial charge in [0.2, 0.25) is 0 Å². The second kappa shape index (κ2) is 10.1. The molecule has 0 N–H and O–H groups in total. The van der Waals surface area contributed by atoms with Crippen LogP contribution in [0.3, 0.4) is 0 Å². The van der Waals surface area contributed by atoms with Gasteiger partial charge >= 0.3 is 0 Å². The van der Waals surface area contributed by atoms with E-state index in [9.17, 15) is 0 Å². The van der Waals surface area contributed by atoms with Gasteiger partial charge in [0.25, 0.3) is 6.71 Å². The van der Waals surface area contributed by atoms with Crippen molar-refractivity contribution in [1.82, 2.24) is 0 Å². The lowest BCUT2D eigenvalue weighted by atomic mass is 9.32. The fraction of sp³-hybridized carbons (Fsp3) is 0.0698. The van der Waals surface area contributed by atoms with E-state index in [4.69, 9.17) is 4.42 Å². The van der Waals surface area contributed by atoms with Gasteiger partial charge in [0.15, 0.2) is 0 Å². The van der Waals surface area contributed by atoms with Crippen molar-refractivity contribution in [2.24, 2.45) is 0 Å². The topological polar surface area (TPSA) is 19.6 Å². The average molecular weight is 639 g/mol. The minimum Gasteiger partial charge on any atom is -0.456 e. The number of benzene rings is 7. The Morgan fingerprint density at radius 1 is 0.531 bits per heavy atom. The molecule has 0 amide bonds. The van der Waals surface area contributed by atoms with Crippen molar-refractivity contribution in [2.45, 2.75) is 20.8 Å². The summed E-state index contributed by atoms with van der Waals surface area (Å²) >= 11 is 0. The van der Waals surface area contributed by atoms with Crippen molar-refractivity contribution in [3.8, 4) is 0 Å². The maximum Gasteiger partial charge on any atom is 0.253 e. The van der Waals surface area contributed by atoms with Gasteiger partial charge in [-0.05, 0) is 102 Å². The molecule has 2 aliphatic rings. The van der Waals surface area contributed by atoms with Gasteiger partial charge in [-0.2, -0.15) is 0 Å². The molecule has 8 aromatic rings. The summed E-state index contributed by atoms with van der Waals surface area (Å²) in [6.07, 6.45) is 0. The number of nitrogens with zero attached hydrogens (tertiary/aromatic N) is 2. The van der Waals surface area contributed by atoms with Gasteiger partial charge in [0.1, 0.15) is 22.8 Å². The molecule has 2 aliphatic heterocycles. The second-order valence-corrected chi connectivity index (χ2v) is 13.3. The molecule has 0 saturated heterocycles. The zero-order chi connectivity index (χ0) is 33.1. The predicted octanol–water partition coefficient (Wildman–Crippen LogP) is 10.0. The molecule has 0 unspecified atom stereocenters. The maximum atomic E-state index is 16.3. The number of hydrogen-bond acceptors (Lipinski definition) is 3. The van der Waals surface area contributed by atoms with Crippen LogP contribution in [-0.4, -0.2) is 6.71 Å². The minimum atomic E-state index is -0.305. The Bertz CT molecular complexity index is 2670. The number of rotatable bonds is 2. The Hall–Kier alpha value is -5.88. The van der Waals surface area contributed by atoms with Crippen molar-refractivity contribution in [3.63, 3.8) is 0 Å². The van der Waals surface area contributed by atoms with Crippen LogP contribution in [-0.2, 0) is 0 Å². The molecule has 49 heavy (non-hydrogen) atoms. The molecular formula is C43H29BF2N2O. The van der Waals surface area contributed by atoms with Crippen molar-refractivity contribution in [3.05, 3.63) is 150 Å². The van der Waals surface area contributed by atoms with E-state index in [1.165, 1.54) is 12.1 Å². The van der Waals surface area contributed by atoms with Crippen LogP contribution in [0.2, 0.25) is 0 Å². The van der Waals surface area contributed by atoms with Gasteiger partial charge in [0, 0.05) is 38.9 Å². The number of hydrogen-bond donors (Lipinski definition) is 0. The Labute approximate surface area is 282 Å². The highest BCUT2D eigenvalue weighted by Gasteiger charge is 2.46. The molecule has 0 atom stereocenters. The predicted molar refractivity (Wildman–Crippen MR) is 199 cm³/mol. The van der Waals surface area contributed by atoms with Crippen molar-refractivity contribution in [1.29, 1.82) is 0 Å². The molecule has 0 bridgehead atoms. The third kappa shape index (κ3) is 3.77. The van der Waals surface area contributed by atoms with E-state index in [0.717, 1.165) is 88.5 Å². The summed E-state index contributed by atoms with van der Waals surface area (Å²) in [5.74, 6) is -0.602. The van der Waals surface area contributed by atoms with E-state index in [0.29, 0.717) is 11.4 Å². The summed E-state index contributed by atoms with van der Waals surface area (Å²) in [5, 5.41) is 4.12.